The number of aryl methyl sites for hydroxylation is 1. The van der Waals surface area contributed by atoms with Gasteiger partial charge in [0, 0.05) is 10.9 Å². The summed E-state index contributed by atoms with van der Waals surface area (Å²) in [4.78, 5) is 32.2. The van der Waals surface area contributed by atoms with Crippen LogP contribution in [0.25, 0.3) is 10.2 Å². The van der Waals surface area contributed by atoms with Crippen molar-refractivity contribution in [3.63, 3.8) is 0 Å². The third-order valence-corrected chi connectivity index (χ3v) is 7.35. The van der Waals surface area contributed by atoms with E-state index in [-0.39, 0.29) is 18.0 Å². The molecule has 0 aromatic carbocycles. The van der Waals surface area contributed by atoms with E-state index < -0.39 is 0 Å². The molecule has 1 atom stereocenters. The number of aromatic nitrogens is 2. The van der Waals surface area contributed by atoms with Crippen molar-refractivity contribution < 1.29 is 4.79 Å². The largest absolute Gasteiger partial charge is 0.351 e. The van der Waals surface area contributed by atoms with E-state index in [1.165, 1.54) is 40.7 Å². The minimum Gasteiger partial charge on any atom is -0.351 e. The van der Waals surface area contributed by atoms with Crippen LogP contribution in [0.4, 0.5) is 0 Å². The van der Waals surface area contributed by atoms with Gasteiger partial charge in [0.25, 0.3) is 5.56 Å². The SMILES string of the molecule is CC1CCc2c(sc3ncn(CC(=O)NC(C4CC4)C4CC4)c(=O)c23)C1. The fraction of sp³-hybridized carbons (Fsp3) is 0.650. The zero-order chi connectivity index (χ0) is 17.8. The van der Waals surface area contributed by atoms with Crippen molar-refractivity contribution in [2.24, 2.45) is 17.8 Å². The minimum atomic E-state index is -0.0494. The highest BCUT2D eigenvalue weighted by Gasteiger charge is 2.42. The number of fused-ring (bicyclic) bond motifs is 3. The molecule has 0 radical (unpaired) electrons. The van der Waals surface area contributed by atoms with E-state index in [2.05, 4.69) is 17.2 Å². The molecule has 0 saturated heterocycles. The van der Waals surface area contributed by atoms with Gasteiger partial charge in [-0.1, -0.05) is 6.92 Å². The fourth-order valence-corrected chi connectivity index (χ4v) is 5.74. The molecule has 1 unspecified atom stereocenters. The van der Waals surface area contributed by atoms with Crippen molar-refractivity contribution in [1.82, 2.24) is 14.9 Å². The maximum atomic E-state index is 13.0. The summed E-state index contributed by atoms with van der Waals surface area (Å²) < 4.78 is 1.50. The molecule has 5 nitrogen and oxygen atoms in total. The molecular formula is C20H25N3O2S. The lowest BCUT2D eigenvalue weighted by atomic mass is 9.89. The summed E-state index contributed by atoms with van der Waals surface area (Å²) >= 11 is 1.66. The van der Waals surface area contributed by atoms with Crippen LogP contribution in [-0.2, 0) is 24.2 Å². The van der Waals surface area contributed by atoms with Gasteiger partial charge >= 0.3 is 0 Å². The number of thiophene rings is 1. The Morgan fingerprint density at radius 3 is 2.73 bits per heavy atom. The van der Waals surface area contributed by atoms with Gasteiger partial charge in [-0.3, -0.25) is 14.2 Å². The molecule has 2 aromatic rings. The molecule has 0 bridgehead atoms. The van der Waals surface area contributed by atoms with E-state index in [0.717, 1.165) is 29.5 Å². The molecule has 6 heteroatoms. The number of nitrogens with zero attached hydrogens (tertiary/aromatic N) is 2. The van der Waals surface area contributed by atoms with Crippen LogP contribution in [0.1, 0.15) is 49.5 Å². The molecule has 5 rings (SSSR count). The van der Waals surface area contributed by atoms with Gasteiger partial charge in [0.15, 0.2) is 0 Å². The second-order valence-corrected chi connectivity index (χ2v) is 9.56. The van der Waals surface area contributed by atoms with E-state index in [0.29, 0.717) is 23.8 Å². The number of nitrogens with one attached hydrogen (secondary N) is 1. The van der Waals surface area contributed by atoms with Gasteiger partial charge < -0.3 is 5.32 Å². The minimum absolute atomic E-state index is 0.0465. The summed E-state index contributed by atoms with van der Waals surface area (Å²) in [5.74, 6) is 1.95. The smallest absolute Gasteiger partial charge is 0.262 e. The Bertz CT molecular complexity index is 911. The van der Waals surface area contributed by atoms with Crippen molar-refractivity contribution in [2.45, 2.75) is 64.5 Å². The van der Waals surface area contributed by atoms with E-state index in [1.807, 2.05) is 0 Å². The van der Waals surface area contributed by atoms with Crippen LogP contribution < -0.4 is 10.9 Å². The number of amides is 1. The normalized spacial score (nSPS) is 22.6. The number of hydrogen-bond donors (Lipinski definition) is 1. The molecular weight excluding hydrogens is 346 g/mol. The molecule has 0 spiro atoms. The van der Waals surface area contributed by atoms with Gasteiger partial charge in [0.1, 0.15) is 11.4 Å². The lowest BCUT2D eigenvalue weighted by Crippen LogP contribution is -2.41. The quantitative estimate of drug-likeness (QED) is 0.879. The summed E-state index contributed by atoms with van der Waals surface area (Å²) in [6, 6.07) is 0.324. The zero-order valence-corrected chi connectivity index (χ0v) is 16.0. The Labute approximate surface area is 156 Å². The van der Waals surface area contributed by atoms with Crippen LogP contribution in [0.5, 0.6) is 0 Å². The van der Waals surface area contributed by atoms with Crippen LogP contribution in [0.3, 0.4) is 0 Å². The second kappa shape index (κ2) is 6.19. The Morgan fingerprint density at radius 2 is 2.04 bits per heavy atom. The van der Waals surface area contributed by atoms with Crippen molar-refractivity contribution >= 4 is 27.5 Å². The molecule has 26 heavy (non-hydrogen) atoms. The number of carbonyl (C=O) groups excluding carboxylic acids is 1. The number of carbonyl (C=O) groups is 1. The maximum Gasteiger partial charge on any atom is 0.262 e. The Hall–Kier alpha value is -1.69. The van der Waals surface area contributed by atoms with Gasteiger partial charge in [0.05, 0.1) is 11.7 Å². The lowest BCUT2D eigenvalue weighted by molar-refractivity contribution is -0.122. The molecule has 2 heterocycles. The molecule has 0 aliphatic heterocycles. The molecule has 2 aromatic heterocycles. The van der Waals surface area contributed by atoms with Crippen molar-refractivity contribution in [1.29, 1.82) is 0 Å². The first kappa shape index (κ1) is 16.5. The van der Waals surface area contributed by atoms with Crippen LogP contribution in [0, 0.1) is 17.8 Å². The molecule has 2 fully saturated rings. The van der Waals surface area contributed by atoms with Crippen LogP contribution >= 0.6 is 11.3 Å². The van der Waals surface area contributed by atoms with Crippen molar-refractivity contribution in [3.05, 3.63) is 27.1 Å². The first-order chi connectivity index (χ1) is 12.6. The molecule has 3 aliphatic rings. The summed E-state index contributed by atoms with van der Waals surface area (Å²) in [6.45, 7) is 2.35. The van der Waals surface area contributed by atoms with Gasteiger partial charge in [0.2, 0.25) is 5.91 Å². The average Bonchev–Trinajstić information content (AvgIpc) is 3.51. The summed E-state index contributed by atoms with van der Waals surface area (Å²) in [5.41, 5.74) is 1.13. The summed E-state index contributed by atoms with van der Waals surface area (Å²) in [5, 5.41) is 3.96. The highest BCUT2D eigenvalue weighted by Crippen LogP contribution is 2.44. The Balaban J connectivity index is 1.39. The predicted molar refractivity (Wildman–Crippen MR) is 102 cm³/mol. The number of rotatable bonds is 5. The topological polar surface area (TPSA) is 64.0 Å². The van der Waals surface area contributed by atoms with E-state index in [9.17, 15) is 9.59 Å². The third kappa shape index (κ3) is 2.98. The first-order valence-corrected chi connectivity index (χ1v) is 10.7. The van der Waals surface area contributed by atoms with Gasteiger partial charge in [-0.25, -0.2) is 4.98 Å². The van der Waals surface area contributed by atoms with Crippen LogP contribution in [0.15, 0.2) is 11.1 Å². The summed E-state index contributed by atoms with van der Waals surface area (Å²) in [6.07, 6.45) is 9.60. The van der Waals surface area contributed by atoms with E-state index in [1.54, 1.807) is 17.7 Å². The second-order valence-electron chi connectivity index (χ2n) is 8.48. The highest BCUT2D eigenvalue weighted by molar-refractivity contribution is 7.18. The number of hydrogen-bond acceptors (Lipinski definition) is 4. The van der Waals surface area contributed by atoms with E-state index in [4.69, 9.17) is 0 Å². The molecule has 138 valence electrons. The third-order valence-electron chi connectivity index (χ3n) is 6.18. The molecule has 3 aliphatic carbocycles. The fourth-order valence-electron chi connectivity index (χ4n) is 4.40. The van der Waals surface area contributed by atoms with Crippen molar-refractivity contribution in [2.75, 3.05) is 0 Å². The van der Waals surface area contributed by atoms with Gasteiger partial charge in [-0.05, 0) is 68.3 Å². The Morgan fingerprint density at radius 1 is 1.31 bits per heavy atom. The lowest BCUT2D eigenvalue weighted by Gasteiger charge is -2.18. The molecule has 1 amide bonds. The predicted octanol–water partition coefficient (Wildman–Crippen LogP) is 2.89. The highest BCUT2D eigenvalue weighted by atomic mass is 32.1. The maximum absolute atomic E-state index is 13.0. The molecule has 1 N–H and O–H groups in total. The van der Waals surface area contributed by atoms with Crippen LogP contribution in [-0.4, -0.2) is 21.5 Å². The Kier molecular flexibility index (Phi) is 3.92. The average molecular weight is 372 g/mol. The van der Waals surface area contributed by atoms with Crippen LogP contribution in [0.2, 0.25) is 0 Å². The van der Waals surface area contributed by atoms with Gasteiger partial charge in [-0.15, -0.1) is 11.3 Å². The zero-order valence-electron chi connectivity index (χ0n) is 15.2. The molecule has 2 saturated carbocycles. The van der Waals surface area contributed by atoms with E-state index >= 15 is 0 Å². The summed E-state index contributed by atoms with van der Waals surface area (Å²) in [7, 11) is 0. The standard InChI is InChI=1S/C20H25N3O2S/c1-11-2-7-14-15(8-11)26-19-17(14)20(25)23(10-21-19)9-16(24)22-18(12-3-4-12)13-5-6-13/h10-13,18H,2-9H2,1H3,(H,22,24). The van der Waals surface area contributed by atoms with Crippen molar-refractivity contribution in [3.8, 4) is 0 Å². The van der Waals surface area contributed by atoms with Gasteiger partial charge in [-0.2, -0.15) is 0 Å². The first-order valence-electron chi connectivity index (χ1n) is 9.89. The monoisotopic (exact) mass is 371 g/mol.